The van der Waals surface area contributed by atoms with E-state index in [1.807, 2.05) is 0 Å². The summed E-state index contributed by atoms with van der Waals surface area (Å²) in [6, 6.07) is 5.14. The smallest absolute Gasteiger partial charge is 0.316 e. The molecule has 0 aliphatic rings. The molecule has 0 aromatic heterocycles. The van der Waals surface area contributed by atoms with Gasteiger partial charge in [-0.2, -0.15) is 0 Å². The lowest BCUT2D eigenvalue weighted by molar-refractivity contribution is -0.139. The fourth-order valence-corrected chi connectivity index (χ4v) is 2.04. The van der Waals surface area contributed by atoms with E-state index >= 15 is 0 Å². The predicted molar refractivity (Wildman–Crippen MR) is 68.2 cm³/mol. The zero-order valence-electron chi connectivity index (χ0n) is 9.86. The highest BCUT2D eigenvalue weighted by Crippen LogP contribution is 2.23. The van der Waals surface area contributed by atoms with Crippen LogP contribution in [0, 0.1) is 0 Å². The molecular formula is C12H15NO3S. The van der Waals surface area contributed by atoms with E-state index in [1.165, 1.54) is 18.7 Å². The summed E-state index contributed by atoms with van der Waals surface area (Å²) in [6.45, 7) is 3.62. The van der Waals surface area contributed by atoms with E-state index in [0.29, 0.717) is 17.9 Å². The predicted octanol–water partition coefficient (Wildman–Crippen LogP) is 2.13. The largest absolute Gasteiger partial charge is 0.465 e. The molecule has 17 heavy (non-hydrogen) atoms. The Hall–Kier alpha value is -1.49. The van der Waals surface area contributed by atoms with Gasteiger partial charge in [-0.3, -0.25) is 9.59 Å². The topological polar surface area (TPSA) is 69.4 Å². The number of hydrogen-bond donors (Lipinski definition) is 1. The van der Waals surface area contributed by atoms with Crippen LogP contribution in [-0.2, 0) is 9.53 Å². The molecule has 0 spiro atoms. The van der Waals surface area contributed by atoms with Crippen molar-refractivity contribution in [1.29, 1.82) is 0 Å². The molecule has 1 aromatic rings. The number of nitrogen functional groups attached to an aromatic ring is 1. The summed E-state index contributed by atoms with van der Waals surface area (Å²) in [5, 5.41) is 0. The number of carbonyl (C=O) groups excluding carboxylic acids is 2. The van der Waals surface area contributed by atoms with E-state index in [4.69, 9.17) is 10.5 Å². The van der Waals surface area contributed by atoms with Crippen molar-refractivity contribution in [3.05, 3.63) is 23.8 Å². The highest BCUT2D eigenvalue weighted by atomic mass is 32.2. The Morgan fingerprint density at radius 2 is 2.12 bits per heavy atom. The zero-order chi connectivity index (χ0) is 12.8. The number of rotatable bonds is 5. The number of ketones is 1. The van der Waals surface area contributed by atoms with Crippen LogP contribution in [0.4, 0.5) is 5.69 Å². The average molecular weight is 253 g/mol. The lowest BCUT2D eigenvalue weighted by Crippen LogP contribution is -2.06. The fraction of sp³-hybridized carbons (Fsp3) is 0.333. The van der Waals surface area contributed by atoms with Gasteiger partial charge in [0.05, 0.1) is 12.4 Å². The van der Waals surface area contributed by atoms with Crippen LogP contribution in [0.15, 0.2) is 23.1 Å². The summed E-state index contributed by atoms with van der Waals surface area (Å²) in [4.78, 5) is 23.2. The average Bonchev–Trinajstić information content (AvgIpc) is 2.26. The second-order valence-corrected chi connectivity index (χ2v) is 4.45. The third-order valence-corrected chi connectivity index (χ3v) is 3.03. The van der Waals surface area contributed by atoms with Crippen molar-refractivity contribution in [3.8, 4) is 0 Å². The van der Waals surface area contributed by atoms with Crippen molar-refractivity contribution >= 4 is 29.2 Å². The number of hydrogen-bond acceptors (Lipinski definition) is 5. The van der Waals surface area contributed by atoms with Crippen LogP contribution < -0.4 is 5.73 Å². The molecule has 0 unspecified atom stereocenters. The Kier molecular flexibility index (Phi) is 5.03. The molecule has 0 amide bonds. The second-order valence-electron chi connectivity index (χ2n) is 3.40. The Morgan fingerprint density at radius 3 is 2.65 bits per heavy atom. The Labute approximate surface area is 105 Å². The van der Waals surface area contributed by atoms with Crippen LogP contribution in [0.1, 0.15) is 24.2 Å². The maximum Gasteiger partial charge on any atom is 0.316 e. The third-order valence-electron chi connectivity index (χ3n) is 2.06. The molecule has 0 fully saturated rings. The zero-order valence-corrected chi connectivity index (χ0v) is 10.7. The molecule has 0 heterocycles. The molecule has 0 radical (unpaired) electrons. The first-order chi connectivity index (χ1) is 8.04. The van der Waals surface area contributed by atoms with Crippen LogP contribution in [0.3, 0.4) is 0 Å². The van der Waals surface area contributed by atoms with Crippen molar-refractivity contribution in [2.45, 2.75) is 18.7 Å². The molecule has 1 aromatic carbocycles. The number of ether oxygens (including phenoxy) is 1. The van der Waals surface area contributed by atoms with Crippen molar-refractivity contribution in [1.82, 2.24) is 0 Å². The first-order valence-corrected chi connectivity index (χ1v) is 6.22. The van der Waals surface area contributed by atoms with Gasteiger partial charge in [-0.25, -0.2) is 0 Å². The number of carbonyl (C=O) groups is 2. The monoisotopic (exact) mass is 253 g/mol. The van der Waals surface area contributed by atoms with Gasteiger partial charge in [-0.15, -0.1) is 11.8 Å². The van der Waals surface area contributed by atoms with Crippen LogP contribution in [0.25, 0.3) is 0 Å². The number of anilines is 1. The van der Waals surface area contributed by atoms with Crippen molar-refractivity contribution in [3.63, 3.8) is 0 Å². The van der Waals surface area contributed by atoms with Crippen LogP contribution in [-0.4, -0.2) is 24.1 Å². The highest BCUT2D eigenvalue weighted by Gasteiger charge is 2.07. The van der Waals surface area contributed by atoms with Gasteiger partial charge in [0.1, 0.15) is 0 Å². The van der Waals surface area contributed by atoms with Gasteiger partial charge in [0, 0.05) is 16.1 Å². The summed E-state index contributed by atoms with van der Waals surface area (Å²) >= 11 is 1.34. The summed E-state index contributed by atoms with van der Waals surface area (Å²) in [6.07, 6.45) is 0. The lowest BCUT2D eigenvalue weighted by Gasteiger charge is -2.05. The van der Waals surface area contributed by atoms with Gasteiger partial charge >= 0.3 is 5.97 Å². The molecule has 0 atom stereocenters. The minimum atomic E-state index is -0.258. The maximum atomic E-state index is 11.2. The first-order valence-electron chi connectivity index (χ1n) is 5.23. The standard InChI is InChI=1S/C12H15NO3S/c1-3-16-12(15)7-17-9-4-5-10(8(2)14)11(13)6-9/h4-6H,3,7,13H2,1-2H3. The summed E-state index contributed by atoms with van der Waals surface area (Å²) in [7, 11) is 0. The molecule has 2 N–H and O–H groups in total. The summed E-state index contributed by atoms with van der Waals surface area (Å²) in [5.74, 6) is -0.0802. The van der Waals surface area contributed by atoms with Gasteiger partial charge in [-0.1, -0.05) is 0 Å². The van der Waals surface area contributed by atoms with Crippen molar-refractivity contribution in [2.24, 2.45) is 0 Å². The molecule has 0 bridgehead atoms. The van der Waals surface area contributed by atoms with E-state index in [-0.39, 0.29) is 17.5 Å². The van der Waals surface area contributed by atoms with E-state index in [2.05, 4.69) is 0 Å². The molecule has 0 aliphatic carbocycles. The molecule has 5 heteroatoms. The Morgan fingerprint density at radius 1 is 1.41 bits per heavy atom. The quantitative estimate of drug-likeness (QED) is 0.377. The van der Waals surface area contributed by atoms with Gasteiger partial charge in [0.25, 0.3) is 0 Å². The molecule has 92 valence electrons. The van der Waals surface area contributed by atoms with E-state index in [1.54, 1.807) is 25.1 Å². The van der Waals surface area contributed by atoms with Gasteiger partial charge in [0.2, 0.25) is 0 Å². The molecule has 0 saturated carbocycles. The number of Topliss-reactive ketones (excluding diaryl/α,β-unsaturated/α-hetero) is 1. The van der Waals surface area contributed by atoms with E-state index in [0.717, 1.165) is 4.90 Å². The second kappa shape index (κ2) is 6.30. The van der Waals surface area contributed by atoms with Crippen LogP contribution >= 0.6 is 11.8 Å². The number of nitrogens with two attached hydrogens (primary N) is 1. The van der Waals surface area contributed by atoms with Gasteiger partial charge in [0.15, 0.2) is 5.78 Å². The molecule has 1 rings (SSSR count). The van der Waals surface area contributed by atoms with Crippen LogP contribution in [0.2, 0.25) is 0 Å². The van der Waals surface area contributed by atoms with Crippen molar-refractivity contribution < 1.29 is 14.3 Å². The number of benzene rings is 1. The Balaban J connectivity index is 2.65. The minimum Gasteiger partial charge on any atom is -0.465 e. The first kappa shape index (κ1) is 13.6. The molecular weight excluding hydrogens is 238 g/mol. The normalized spacial score (nSPS) is 10.0. The van der Waals surface area contributed by atoms with E-state index < -0.39 is 0 Å². The summed E-state index contributed by atoms with van der Waals surface area (Å²) < 4.78 is 4.81. The fourth-order valence-electron chi connectivity index (χ4n) is 1.30. The molecule has 0 saturated heterocycles. The van der Waals surface area contributed by atoms with E-state index in [9.17, 15) is 9.59 Å². The lowest BCUT2D eigenvalue weighted by atomic mass is 10.1. The molecule has 0 aliphatic heterocycles. The highest BCUT2D eigenvalue weighted by molar-refractivity contribution is 8.00. The SMILES string of the molecule is CCOC(=O)CSc1ccc(C(C)=O)c(N)c1. The maximum absolute atomic E-state index is 11.2. The van der Waals surface area contributed by atoms with Crippen LogP contribution in [0.5, 0.6) is 0 Å². The Bertz CT molecular complexity index is 432. The number of esters is 1. The van der Waals surface area contributed by atoms with Gasteiger partial charge in [-0.05, 0) is 32.0 Å². The summed E-state index contributed by atoms with van der Waals surface area (Å²) in [5.41, 5.74) is 6.68. The van der Waals surface area contributed by atoms with Gasteiger partial charge < -0.3 is 10.5 Å². The number of thioether (sulfide) groups is 1. The molecule has 4 nitrogen and oxygen atoms in total. The minimum absolute atomic E-state index is 0.0653. The third kappa shape index (κ3) is 4.11. The van der Waals surface area contributed by atoms with Crippen molar-refractivity contribution in [2.75, 3.05) is 18.1 Å².